The van der Waals surface area contributed by atoms with E-state index in [0.717, 1.165) is 12.2 Å². The number of halogens is 2. The molecule has 2 aromatic rings. The summed E-state index contributed by atoms with van der Waals surface area (Å²) >= 11 is 12.7. The Morgan fingerprint density at radius 3 is 1.35 bits per heavy atom. The van der Waals surface area contributed by atoms with Crippen LogP contribution < -0.4 is 18.9 Å². The Labute approximate surface area is 278 Å². The molecule has 1 aliphatic rings. The standard InChI is InChI=1S/C34H38Cl2O10/c1-3-31(37)43-19-7-5-17-41-25-13-15-29(27(35)21-25)45-33(39)23-9-11-24(12-10-23)34(40)46-30-16-14-26(22-28(30)36)42-18-6-8-20-44-32(38)4-2/h3-4,13-16,21-24H,1-2,5-12,17-20H2/t23-,24-. The maximum atomic E-state index is 12.8. The average Bonchev–Trinajstić information content (AvgIpc) is 3.06. The first kappa shape index (κ1) is 36.4. The van der Waals surface area contributed by atoms with Gasteiger partial charge in [-0.05, 0) is 75.6 Å². The highest BCUT2D eigenvalue weighted by molar-refractivity contribution is 6.32. The van der Waals surface area contributed by atoms with E-state index in [9.17, 15) is 19.2 Å². The molecule has 0 aromatic heterocycles. The van der Waals surface area contributed by atoms with Crippen molar-refractivity contribution in [2.75, 3.05) is 26.4 Å². The Morgan fingerprint density at radius 1 is 0.630 bits per heavy atom. The Kier molecular flexibility index (Phi) is 15.4. The number of hydrogen-bond acceptors (Lipinski definition) is 10. The van der Waals surface area contributed by atoms with Crippen molar-refractivity contribution in [1.29, 1.82) is 0 Å². The lowest BCUT2D eigenvalue weighted by Crippen LogP contribution is -2.30. The van der Waals surface area contributed by atoms with Gasteiger partial charge in [0.15, 0.2) is 0 Å². The molecule has 1 aliphatic carbocycles. The maximum Gasteiger partial charge on any atom is 0.330 e. The first-order valence-electron chi connectivity index (χ1n) is 15.1. The lowest BCUT2D eigenvalue weighted by molar-refractivity contribution is -0.145. The van der Waals surface area contributed by atoms with Gasteiger partial charge in [-0.15, -0.1) is 0 Å². The highest BCUT2D eigenvalue weighted by Crippen LogP contribution is 2.35. The van der Waals surface area contributed by atoms with E-state index >= 15 is 0 Å². The molecule has 2 aromatic carbocycles. The van der Waals surface area contributed by atoms with E-state index in [1.165, 1.54) is 0 Å². The smallest absolute Gasteiger partial charge is 0.330 e. The van der Waals surface area contributed by atoms with Gasteiger partial charge in [0.05, 0.1) is 48.3 Å². The van der Waals surface area contributed by atoms with Crippen LogP contribution in [-0.4, -0.2) is 50.3 Å². The van der Waals surface area contributed by atoms with Crippen molar-refractivity contribution in [2.24, 2.45) is 11.8 Å². The van der Waals surface area contributed by atoms with Crippen molar-refractivity contribution in [3.63, 3.8) is 0 Å². The van der Waals surface area contributed by atoms with E-state index in [0.29, 0.717) is 76.1 Å². The second kappa shape index (κ2) is 19.5. The molecule has 0 amide bonds. The summed E-state index contributed by atoms with van der Waals surface area (Å²) in [6, 6.07) is 9.63. The number of esters is 4. The Hall–Kier alpha value is -4.02. The van der Waals surface area contributed by atoms with Crippen LogP contribution in [0.2, 0.25) is 10.0 Å². The topological polar surface area (TPSA) is 124 Å². The van der Waals surface area contributed by atoms with E-state index in [1.807, 2.05) is 0 Å². The van der Waals surface area contributed by atoms with E-state index in [4.69, 9.17) is 51.6 Å². The van der Waals surface area contributed by atoms with Gasteiger partial charge in [0.1, 0.15) is 23.0 Å². The minimum atomic E-state index is -0.458. The van der Waals surface area contributed by atoms with Crippen molar-refractivity contribution >= 4 is 47.1 Å². The third-order valence-corrected chi connectivity index (χ3v) is 7.65. The number of carbonyl (C=O) groups is 4. The summed E-state index contributed by atoms with van der Waals surface area (Å²) in [5.74, 6) is -0.980. The van der Waals surface area contributed by atoms with Gasteiger partial charge in [0, 0.05) is 24.3 Å². The summed E-state index contributed by atoms with van der Waals surface area (Å²) in [7, 11) is 0. The quantitative estimate of drug-likeness (QED) is 0.0700. The van der Waals surface area contributed by atoms with Gasteiger partial charge < -0.3 is 28.4 Å². The number of rotatable bonds is 18. The summed E-state index contributed by atoms with van der Waals surface area (Å²) in [6.45, 7) is 8.05. The van der Waals surface area contributed by atoms with Crippen molar-refractivity contribution in [3.8, 4) is 23.0 Å². The zero-order valence-corrected chi connectivity index (χ0v) is 27.0. The number of ether oxygens (including phenoxy) is 6. The molecular weight excluding hydrogens is 639 g/mol. The molecule has 0 aliphatic heterocycles. The van der Waals surface area contributed by atoms with Crippen LogP contribution in [-0.2, 0) is 28.7 Å². The van der Waals surface area contributed by atoms with E-state index in [-0.39, 0.29) is 46.6 Å². The van der Waals surface area contributed by atoms with Crippen LogP contribution in [0.3, 0.4) is 0 Å². The molecule has 3 rings (SSSR count). The molecule has 10 nitrogen and oxygen atoms in total. The summed E-state index contributed by atoms with van der Waals surface area (Å²) in [5, 5.41) is 0.478. The highest BCUT2D eigenvalue weighted by atomic mass is 35.5. The SMILES string of the molecule is C=CC(=O)OCCCCOc1ccc(OC(=O)[C@H]2CC[C@H](C(=O)Oc3ccc(OCCCCOC(=O)C=C)cc3Cl)CC2)c(Cl)c1. The van der Waals surface area contributed by atoms with Crippen LogP contribution in [0, 0.1) is 11.8 Å². The van der Waals surface area contributed by atoms with Gasteiger partial charge in [0.2, 0.25) is 0 Å². The number of carbonyl (C=O) groups excluding carboxylic acids is 4. The van der Waals surface area contributed by atoms with E-state index in [2.05, 4.69) is 13.2 Å². The van der Waals surface area contributed by atoms with Crippen LogP contribution in [0.15, 0.2) is 61.7 Å². The number of benzene rings is 2. The molecule has 0 unspecified atom stereocenters. The minimum absolute atomic E-state index is 0.230. The lowest BCUT2D eigenvalue weighted by Gasteiger charge is -2.26. The second-order valence-corrected chi connectivity index (χ2v) is 11.2. The van der Waals surface area contributed by atoms with E-state index in [1.54, 1.807) is 36.4 Å². The van der Waals surface area contributed by atoms with Gasteiger partial charge in [0.25, 0.3) is 0 Å². The average molecular weight is 678 g/mol. The predicted octanol–water partition coefficient (Wildman–Crippen LogP) is 7.09. The fourth-order valence-electron chi connectivity index (χ4n) is 4.51. The predicted molar refractivity (Wildman–Crippen MR) is 171 cm³/mol. The van der Waals surface area contributed by atoms with Gasteiger partial charge >= 0.3 is 23.9 Å². The molecule has 0 heterocycles. The molecular formula is C34H38Cl2O10. The monoisotopic (exact) mass is 676 g/mol. The Morgan fingerprint density at radius 2 is 1.00 bits per heavy atom. The molecule has 1 saturated carbocycles. The molecule has 46 heavy (non-hydrogen) atoms. The molecule has 12 heteroatoms. The minimum Gasteiger partial charge on any atom is -0.494 e. The zero-order valence-electron chi connectivity index (χ0n) is 25.5. The van der Waals surface area contributed by atoms with Gasteiger partial charge in [-0.1, -0.05) is 36.4 Å². The van der Waals surface area contributed by atoms with Crippen LogP contribution >= 0.6 is 23.2 Å². The molecule has 1 fully saturated rings. The van der Waals surface area contributed by atoms with Crippen LogP contribution in [0.1, 0.15) is 51.4 Å². The normalized spacial score (nSPS) is 15.6. The summed E-state index contributed by atoms with van der Waals surface area (Å²) in [5.41, 5.74) is 0. The third-order valence-electron chi connectivity index (χ3n) is 7.06. The molecule has 0 N–H and O–H groups in total. The molecule has 0 radical (unpaired) electrons. The van der Waals surface area contributed by atoms with E-state index < -0.39 is 23.9 Å². The molecule has 0 saturated heterocycles. The van der Waals surface area contributed by atoms with Crippen molar-refractivity contribution in [3.05, 3.63) is 71.8 Å². The third kappa shape index (κ3) is 12.4. The largest absolute Gasteiger partial charge is 0.494 e. The molecule has 0 atom stereocenters. The molecule has 248 valence electrons. The summed E-state index contributed by atoms with van der Waals surface area (Å²) in [6.07, 6.45) is 6.71. The van der Waals surface area contributed by atoms with Crippen LogP contribution in [0.4, 0.5) is 0 Å². The fraction of sp³-hybridized carbons (Fsp3) is 0.412. The van der Waals surface area contributed by atoms with Gasteiger partial charge in [-0.25, -0.2) is 9.59 Å². The zero-order chi connectivity index (χ0) is 33.3. The van der Waals surface area contributed by atoms with Gasteiger partial charge in [-0.2, -0.15) is 0 Å². The Bertz CT molecular complexity index is 1260. The first-order chi connectivity index (χ1) is 22.2. The molecule has 0 spiro atoms. The lowest BCUT2D eigenvalue weighted by atomic mass is 9.82. The highest BCUT2D eigenvalue weighted by Gasteiger charge is 2.32. The van der Waals surface area contributed by atoms with Crippen molar-refractivity contribution < 1.29 is 47.6 Å². The van der Waals surface area contributed by atoms with Crippen molar-refractivity contribution in [1.82, 2.24) is 0 Å². The number of hydrogen-bond donors (Lipinski definition) is 0. The van der Waals surface area contributed by atoms with Gasteiger partial charge in [-0.3, -0.25) is 9.59 Å². The summed E-state index contributed by atoms with van der Waals surface area (Å²) in [4.78, 5) is 47.7. The maximum absolute atomic E-state index is 12.8. The first-order valence-corrected chi connectivity index (χ1v) is 15.8. The van der Waals surface area contributed by atoms with Crippen LogP contribution in [0.25, 0.3) is 0 Å². The number of unbranched alkanes of at least 4 members (excludes halogenated alkanes) is 2. The Balaban J connectivity index is 1.36. The van der Waals surface area contributed by atoms with Crippen molar-refractivity contribution in [2.45, 2.75) is 51.4 Å². The molecule has 0 bridgehead atoms. The summed E-state index contributed by atoms with van der Waals surface area (Å²) < 4.78 is 32.3. The van der Waals surface area contributed by atoms with Crippen LogP contribution in [0.5, 0.6) is 23.0 Å². The fourth-order valence-corrected chi connectivity index (χ4v) is 4.93. The second-order valence-electron chi connectivity index (χ2n) is 10.4.